The highest BCUT2D eigenvalue weighted by Crippen LogP contribution is 2.13. The van der Waals surface area contributed by atoms with Crippen LogP contribution < -0.4 is 5.43 Å². The summed E-state index contributed by atoms with van der Waals surface area (Å²) in [6.45, 7) is 7.20. The molecule has 9 nitrogen and oxygen atoms in total. The molecule has 0 saturated heterocycles. The predicted molar refractivity (Wildman–Crippen MR) is 99.6 cm³/mol. The van der Waals surface area contributed by atoms with Crippen LogP contribution in [0.2, 0.25) is 0 Å². The first-order valence-corrected chi connectivity index (χ1v) is 9.47. The maximum atomic E-state index is 12.6. The van der Waals surface area contributed by atoms with Gasteiger partial charge in [-0.15, -0.1) is 0 Å². The summed E-state index contributed by atoms with van der Waals surface area (Å²) in [5.41, 5.74) is 1.81. The van der Waals surface area contributed by atoms with E-state index in [4.69, 9.17) is 9.84 Å². The van der Waals surface area contributed by atoms with Crippen molar-refractivity contribution in [1.29, 1.82) is 0 Å². The van der Waals surface area contributed by atoms with E-state index >= 15 is 0 Å². The van der Waals surface area contributed by atoms with Crippen molar-refractivity contribution in [1.82, 2.24) is 15.5 Å². The Kier molecular flexibility index (Phi) is 12.4. The number of nitrogens with zero attached hydrogens (tertiary/aromatic N) is 2. The van der Waals surface area contributed by atoms with Crippen molar-refractivity contribution in [3.8, 4) is 0 Å². The highest BCUT2D eigenvalue weighted by molar-refractivity contribution is 5.81. The first kappa shape index (κ1) is 25.1. The number of nitrogens with one attached hydrogen (secondary N) is 1. The number of hydroxylamine groups is 2. The van der Waals surface area contributed by atoms with Gasteiger partial charge in [0.1, 0.15) is 5.60 Å². The van der Waals surface area contributed by atoms with Gasteiger partial charge < -0.3 is 9.84 Å². The van der Waals surface area contributed by atoms with Crippen LogP contribution in [0.4, 0.5) is 4.79 Å². The number of amides is 3. The quantitative estimate of drug-likeness (QED) is 0.203. The minimum atomic E-state index is -0.725. The molecule has 0 radical (unpaired) electrons. The van der Waals surface area contributed by atoms with Gasteiger partial charge in [0.25, 0.3) is 0 Å². The summed E-state index contributed by atoms with van der Waals surface area (Å²) >= 11 is 0. The van der Waals surface area contributed by atoms with E-state index in [-0.39, 0.29) is 26.1 Å². The Morgan fingerprint density at radius 2 is 1.85 bits per heavy atom. The number of ether oxygens (including phenoxy) is 1. The summed E-state index contributed by atoms with van der Waals surface area (Å²) < 4.78 is 5.31. The lowest BCUT2D eigenvalue weighted by Crippen LogP contribution is -2.51. The number of rotatable bonds is 12. The van der Waals surface area contributed by atoms with E-state index in [1.807, 2.05) is 6.92 Å². The summed E-state index contributed by atoms with van der Waals surface area (Å²) in [6, 6.07) is 0. The monoisotopic (exact) mass is 389 g/mol. The molecule has 0 aromatic carbocycles. The van der Waals surface area contributed by atoms with Crippen LogP contribution in [0.15, 0.2) is 0 Å². The van der Waals surface area contributed by atoms with Crippen LogP contribution in [0, 0.1) is 5.92 Å². The molecule has 0 aliphatic heterocycles. The van der Waals surface area contributed by atoms with Gasteiger partial charge >= 0.3 is 6.09 Å². The number of aliphatic hydroxyl groups excluding tert-OH is 1. The molecule has 3 N–H and O–H groups in total. The average Bonchev–Trinajstić information content (AvgIpc) is 2.58. The molecule has 1 unspecified atom stereocenters. The molecule has 0 aromatic rings. The number of hydrazine groups is 1. The zero-order valence-electron chi connectivity index (χ0n) is 16.9. The zero-order valence-corrected chi connectivity index (χ0v) is 16.9. The Labute approximate surface area is 161 Å². The van der Waals surface area contributed by atoms with Gasteiger partial charge in [-0.1, -0.05) is 26.2 Å². The van der Waals surface area contributed by atoms with Gasteiger partial charge in [-0.2, -0.15) is 0 Å². The first-order chi connectivity index (χ1) is 12.6. The maximum absolute atomic E-state index is 12.6. The second-order valence-electron chi connectivity index (χ2n) is 7.46. The molecule has 0 rings (SSSR count). The molecule has 0 aromatic heterocycles. The van der Waals surface area contributed by atoms with Gasteiger partial charge in [-0.3, -0.25) is 20.2 Å². The summed E-state index contributed by atoms with van der Waals surface area (Å²) in [6.07, 6.45) is 3.63. The van der Waals surface area contributed by atoms with Crippen LogP contribution in [0.3, 0.4) is 0 Å². The SMILES string of the molecule is CCCCCC(CN(O)C=O)C(=O)NN(CCCCO)C(=O)OC(C)(C)C. The fourth-order valence-corrected chi connectivity index (χ4v) is 2.33. The minimum absolute atomic E-state index is 0.0193. The fraction of sp³-hybridized carbons (Fsp3) is 0.833. The molecule has 0 fully saturated rings. The van der Waals surface area contributed by atoms with Gasteiger partial charge in [-0.05, 0) is 40.0 Å². The number of carbonyl (C=O) groups excluding carboxylic acids is 3. The molecule has 0 aliphatic carbocycles. The fourth-order valence-electron chi connectivity index (χ4n) is 2.33. The third-order valence-corrected chi connectivity index (χ3v) is 3.70. The molecule has 0 saturated carbocycles. The van der Waals surface area contributed by atoms with Crippen LogP contribution >= 0.6 is 0 Å². The van der Waals surface area contributed by atoms with Crippen LogP contribution in [0.5, 0.6) is 0 Å². The van der Waals surface area contributed by atoms with E-state index < -0.39 is 23.5 Å². The Bertz CT molecular complexity index is 453. The third-order valence-electron chi connectivity index (χ3n) is 3.70. The van der Waals surface area contributed by atoms with E-state index in [1.165, 1.54) is 0 Å². The summed E-state index contributed by atoms with van der Waals surface area (Å²) in [7, 11) is 0. The molecule has 0 aliphatic rings. The predicted octanol–water partition coefficient (Wildman–Crippen LogP) is 2.07. The van der Waals surface area contributed by atoms with E-state index in [1.54, 1.807) is 20.8 Å². The zero-order chi connectivity index (χ0) is 20.9. The summed E-state index contributed by atoms with van der Waals surface area (Å²) in [5.74, 6) is -1.13. The molecule has 0 heterocycles. The maximum Gasteiger partial charge on any atom is 0.429 e. The van der Waals surface area contributed by atoms with E-state index in [0.717, 1.165) is 24.3 Å². The van der Waals surface area contributed by atoms with Crippen molar-refractivity contribution in [3.05, 3.63) is 0 Å². The molecular formula is C18H35N3O6. The van der Waals surface area contributed by atoms with Gasteiger partial charge in [-0.25, -0.2) is 14.9 Å². The molecule has 0 spiro atoms. The highest BCUT2D eigenvalue weighted by Gasteiger charge is 2.27. The number of aliphatic hydroxyl groups is 1. The second kappa shape index (κ2) is 13.3. The highest BCUT2D eigenvalue weighted by atomic mass is 16.6. The Morgan fingerprint density at radius 3 is 2.37 bits per heavy atom. The van der Waals surface area contributed by atoms with E-state index in [9.17, 15) is 19.6 Å². The minimum Gasteiger partial charge on any atom is -0.442 e. The number of hydrogen-bond acceptors (Lipinski definition) is 6. The van der Waals surface area contributed by atoms with Gasteiger partial charge in [0.15, 0.2) is 0 Å². The number of carbonyl (C=O) groups is 3. The van der Waals surface area contributed by atoms with Crippen molar-refractivity contribution in [2.24, 2.45) is 5.92 Å². The molecule has 9 heteroatoms. The molecule has 3 amide bonds. The molecule has 27 heavy (non-hydrogen) atoms. The molecule has 158 valence electrons. The lowest BCUT2D eigenvalue weighted by atomic mass is 10.0. The standard InChI is InChI=1S/C18H35N3O6/c1-5-6-7-10-15(13-20(26)14-23)16(24)19-21(11-8-9-12-22)17(25)27-18(2,3)4/h14-15,22,26H,5-13H2,1-4H3,(H,19,24). The smallest absolute Gasteiger partial charge is 0.429 e. The van der Waals surface area contributed by atoms with E-state index in [0.29, 0.717) is 24.3 Å². The van der Waals surface area contributed by atoms with Crippen LogP contribution in [-0.4, -0.2) is 64.1 Å². The lowest BCUT2D eigenvalue weighted by molar-refractivity contribution is -0.155. The Balaban J connectivity index is 5.07. The largest absolute Gasteiger partial charge is 0.442 e. The summed E-state index contributed by atoms with van der Waals surface area (Å²) in [5, 5.41) is 19.9. The molecular weight excluding hydrogens is 354 g/mol. The van der Waals surface area contributed by atoms with Gasteiger partial charge in [0, 0.05) is 13.2 Å². The number of hydrogen-bond donors (Lipinski definition) is 3. The lowest BCUT2D eigenvalue weighted by Gasteiger charge is -2.29. The first-order valence-electron chi connectivity index (χ1n) is 9.47. The van der Waals surface area contributed by atoms with Crippen molar-refractivity contribution >= 4 is 18.4 Å². The number of unbranched alkanes of at least 4 members (excludes halogenated alkanes) is 3. The van der Waals surface area contributed by atoms with Crippen molar-refractivity contribution in [2.75, 3.05) is 19.7 Å². The Hall–Kier alpha value is -1.87. The van der Waals surface area contributed by atoms with Crippen LogP contribution in [-0.2, 0) is 14.3 Å². The topological polar surface area (TPSA) is 119 Å². The van der Waals surface area contributed by atoms with Crippen molar-refractivity contribution in [3.63, 3.8) is 0 Å². The van der Waals surface area contributed by atoms with Crippen molar-refractivity contribution < 1.29 is 29.4 Å². The molecule has 1 atom stereocenters. The summed E-state index contributed by atoms with van der Waals surface area (Å²) in [4.78, 5) is 35.7. The second-order valence-corrected chi connectivity index (χ2v) is 7.46. The van der Waals surface area contributed by atoms with E-state index in [2.05, 4.69) is 5.43 Å². The Morgan fingerprint density at radius 1 is 1.19 bits per heavy atom. The van der Waals surface area contributed by atoms with Crippen LogP contribution in [0.25, 0.3) is 0 Å². The van der Waals surface area contributed by atoms with Crippen molar-refractivity contribution in [2.45, 2.75) is 71.8 Å². The van der Waals surface area contributed by atoms with Gasteiger partial charge in [0.2, 0.25) is 12.3 Å². The normalized spacial score (nSPS) is 12.2. The third kappa shape index (κ3) is 12.2. The average molecular weight is 389 g/mol. The van der Waals surface area contributed by atoms with Crippen LogP contribution in [0.1, 0.15) is 66.2 Å². The molecule has 0 bridgehead atoms. The van der Waals surface area contributed by atoms with Gasteiger partial charge in [0.05, 0.1) is 12.5 Å².